The molecule has 3 heteroatoms. The molecule has 1 N–H and O–H groups in total. The molecule has 0 bridgehead atoms. The quantitative estimate of drug-likeness (QED) is 0.762. The van der Waals surface area contributed by atoms with Gasteiger partial charge >= 0.3 is 0 Å². The fraction of sp³-hybridized carbons (Fsp3) is 0.300. The predicted molar refractivity (Wildman–Crippen MR) is 57.2 cm³/mol. The van der Waals surface area contributed by atoms with Crippen LogP contribution in [0.15, 0.2) is 29.0 Å². The number of hydrogen-bond acceptors (Lipinski definition) is 2. The second-order valence-electron chi connectivity index (χ2n) is 3.07. The number of nitrogens with one attached hydrogen (secondary N) is 1. The summed E-state index contributed by atoms with van der Waals surface area (Å²) >= 11 is 3.37. The van der Waals surface area contributed by atoms with E-state index in [1.54, 1.807) is 0 Å². The van der Waals surface area contributed by atoms with Crippen LogP contribution < -0.4 is 5.32 Å². The fourth-order valence-corrected chi connectivity index (χ4v) is 1.78. The highest BCUT2D eigenvalue weighted by atomic mass is 79.9. The minimum atomic E-state index is 0.900. The van der Waals surface area contributed by atoms with Gasteiger partial charge in [-0.2, -0.15) is 0 Å². The molecular formula is C10H11BrN2. The third-order valence-electron chi connectivity index (χ3n) is 2.09. The molecule has 0 saturated heterocycles. The van der Waals surface area contributed by atoms with E-state index in [1.165, 1.54) is 12.0 Å². The van der Waals surface area contributed by atoms with Crippen LogP contribution >= 0.6 is 15.9 Å². The minimum Gasteiger partial charge on any atom is -0.391 e. The van der Waals surface area contributed by atoms with Gasteiger partial charge in [-0.1, -0.05) is 6.07 Å². The van der Waals surface area contributed by atoms with Crippen molar-refractivity contribution in [1.82, 2.24) is 10.3 Å². The van der Waals surface area contributed by atoms with Crippen LogP contribution in [0.3, 0.4) is 0 Å². The molecule has 68 valence electrons. The third kappa shape index (κ3) is 2.10. The number of allylic oxidation sites excluding steroid dienone is 1. The van der Waals surface area contributed by atoms with Gasteiger partial charge in [0.25, 0.3) is 0 Å². The Morgan fingerprint density at radius 2 is 2.31 bits per heavy atom. The van der Waals surface area contributed by atoms with Gasteiger partial charge < -0.3 is 5.32 Å². The molecule has 0 fully saturated rings. The van der Waals surface area contributed by atoms with Gasteiger partial charge in [-0.05, 0) is 46.5 Å². The Balaban J connectivity index is 2.29. The van der Waals surface area contributed by atoms with Crippen molar-refractivity contribution < 1.29 is 0 Å². The van der Waals surface area contributed by atoms with E-state index in [0.717, 1.165) is 23.3 Å². The Kier molecular flexibility index (Phi) is 2.64. The molecule has 1 aromatic heterocycles. The van der Waals surface area contributed by atoms with E-state index in [0.29, 0.717) is 0 Å². The van der Waals surface area contributed by atoms with E-state index in [2.05, 4.69) is 32.4 Å². The smallest absolute Gasteiger partial charge is 0.106 e. The second kappa shape index (κ2) is 3.92. The highest BCUT2D eigenvalue weighted by Gasteiger charge is 2.06. The highest BCUT2D eigenvalue weighted by Crippen LogP contribution is 2.20. The fourth-order valence-electron chi connectivity index (χ4n) is 1.44. The van der Waals surface area contributed by atoms with Crippen molar-refractivity contribution in [1.29, 1.82) is 0 Å². The van der Waals surface area contributed by atoms with Crippen molar-refractivity contribution >= 4 is 21.5 Å². The lowest BCUT2D eigenvalue weighted by molar-refractivity contribution is 0.737. The summed E-state index contributed by atoms with van der Waals surface area (Å²) < 4.78 is 0.900. The van der Waals surface area contributed by atoms with Crippen LogP contribution in [0.4, 0.5) is 0 Å². The number of nitrogens with zero attached hydrogens (tertiary/aromatic N) is 1. The van der Waals surface area contributed by atoms with Crippen LogP contribution in [0, 0.1) is 0 Å². The molecule has 0 aliphatic carbocycles. The van der Waals surface area contributed by atoms with Gasteiger partial charge in [-0.15, -0.1) is 0 Å². The largest absolute Gasteiger partial charge is 0.391 e. The normalized spacial score (nSPS) is 16.2. The first kappa shape index (κ1) is 8.75. The van der Waals surface area contributed by atoms with E-state index >= 15 is 0 Å². The van der Waals surface area contributed by atoms with Gasteiger partial charge in [0.1, 0.15) is 4.60 Å². The van der Waals surface area contributed by atoms with E-state index in [4.69, 9.17) is 0 Å². The van der Waals surface area contributed by atoms with E-state index < -0.39 is 0 Å². The molecule has 0 aromatic carbocycles. The van der Waals surface area contributed by atoms with Gasteiger partial charge in [0.15, 0.2) is 0 Å². The number of aromatic nitrogens is 1. The van der Waals surface area contributed by atoms with E-state index in [9.17, 15) is 0 Å². The van der Waals surface area contributed by atoms with Crippen molar-refractivity contribution in [2.24, 2.45) is 0 Å². The van der Waals surface area contributed by atoms with Crippen LogP contribution in [0.2, 0.25) is 0 Å². The summed E-state index contributed by atoms with van der Waals surface area (Å²) in [6.45, 7) is 1.08. The number of pyridine rings is 1. The highest BCUT2D eigenvalue weighted by molar-refractivity contribution is 9.10. The molecule has 2 rings (SSSR count). The molecule has 1 aliphatic heterocycles. The monoisotopic (exact) mass is 238 g/mol. The lowest BCUT2D eigenvalue weighted by Crippen LogP contribution is -2.13. The maximum Gasteiger partial charge on any atom is 0.106 e. The topological polar surface area (TPSA) is 24.9 Å². The molecule has 13 heavy (non-hydrogen) atoms. The predicted octanol–water partition coefficient (Wildman–Crippen LogP) is 2.57. The summed E-state index contributed by atoms with van der Waals surface area (Å²) in [5.74, 6) is 0. The first-order valence-corrected chi connectivity index (χ1v) is 5.21. The van der Waals surface area contributed by atoms with Crippen molar-refractivity contribution in [3.8, 4) is 0 Å². The second-order valence-corrected chi connectivity index (χ2v) is 3.89. The van der Waals surface area contributed by atoms with Gasteiger partial charge in [-0.25, -0.2) is 4.98 Å². The van der Waals surface area contributed by atoms with Crippen LogP contribution in [-0.4, -0.2) is 11.5 Å². The zero-order valence-electron chi connectivity index (χ0n) is 7.26. The molecule has 2 heterocycles. The summed E-state index contributed by atoms with van der Waals surface area (Å²) in [4.78, 5) is 4.41. The minimum absolute atomic E-state index is 0.900. The molecule has 0 unspecified atom stereocenters. The SMILES string of the molecule is Brc1cccc(C2=CNCCC2)n1. The summed E-state index contributed by atoms with van der Waals surface area (Å²) in [5.41, 5.74) is 2.37. The van der Waals surface area contributed by atoms with Crippen molar-refractivity contribution in [3.05, 3.63) is 34.7 Å². The molecule has 0 atom stereocenters. The van der Waals surface area contributed by atoms with Gasteiger partial charge in [0.05, 0.1) is 5.69 Å². The zero-order valence-corrected chi connectivity index (χ0v) is 8.84. The Labute approximate surface area is 86.2 Å². The average molecular weight is 239 g/mol. The van der Waals surface area contributed by atoms with Crippen molar-refractivity contribution in [2.75, 3.05) is 6.54 Å². The molecule has 1 aromatic rings. The summed E-state index contributed by atoms with van der Waals surface area (Å²) in [5, 5.41) is 3.24. The lowest BCUT2D eigenvalue weighted by Gasteiger charge is -2.13. The van der Waals surface area contributed by atoms with Crippen LogP contribution in [0.1, 0.15) is 18.5 Å². The van der Waals surface area contributed by atoms with Crippen LogP contribution in [0.25, 0.3) is 5.57 Å². The molecule has 0 radical (unpaired) electrons. The molecule has 1 aliphatic rings. The zero-order chi connectivity index (χ0) is 9.10. The average Bonchev–Trinajstić information content (AvgIpc) is 2.19. The van der Waals surface area contributed by atoms with Crippen molar-refractivity contribution in [2.45, 2.75) is 12.8 Å². The van der Waals surface area contributed by atoms with E-state index in [-0.39, 0.29) is 0 Å². The van der Waals surface area contributed by atoms with Crippen LogP contribution in [-0.2, 0) is 0 Å². The molecule has 0 saturated carbocycles. The molecule has 2 nitrogen and oxygen atoms in total. The molecule has 0 spiro atoms. The lowest BCUT2D eigenvalue weighted by atomic mass is 10.1. The maximum absolute atomic E-state index is 4.41. The Hall–Kier alpha value is -0.830. The van der Waals surface area contributed by atoms with Gasteiger partial charge in [0, 0.05) is 12.7 Å². The standard InChI is InChI=1S/C10H11BrN2/c11-10-5-1-4-9(13-10)8-3-2-6-12-7-8/h1,4-5,7,12H,2-3,6H2. The summed E-state index contributed by atoms with van der Waals surface area (Å²) in [6.07, 6.45) is 4.38. The Bertz CT molecular complexity index is 333. The number of halogens is 1. The van der Waals surface area contributed by atoms with Gasteiger partial charge in [-0.3, -0.25) is 0 Å². The first-order chi connectivity index (χ1) is 6.36. The number of hydrogen-bond donors (Lipinski definition) is 1. The van der Waals surface area contributed by atoms with Crippen LogP contribution in [0.5, 0.6) is 0 Å². The van der Waals surface area contributed by atoms with E-state index in [1.807, 2.05) is 18.2 Å². The summed E-state index contributed by atoms with van der Waals surface area (Å²) in [7, 11) is 0. The van der Waals surface area contributed by atoms with Gasteiger partial charge in [0.2, 0.25) is 0 Å². The third-order valence-corrected chi connectivity index (χ3v) is 2.53. The Morgan fingerprint density at radius 3 is 3.00 bits per heavy atom. The molecular weight excluding hydrogens is 228 g/mol. The number of rotatable bonds is 1. The van der Waals surface area contributed by atoms with Crippen molar-refractivity contribution in [3.63, 3.8) is 0 Å². The first-order valence-electron chi connectivity index (χ1n) is 4.41. The molecule has 0 amide bonds. The summed E-state index contributed by atoms with van der Waals surface area (Å²) in [6, 6.07) is 6.01. The Morgan fingerprint density at radius 1 is 1.38 bits per heavy atom. The maximum atomic E-state index is 4.41.